The Balaban J connectivity index is 1.69. The second-order valence-electron chi connectivity index (χ2n) is 8.34. The molecule has 14 heteroatoms. The molecule has 3 aromatic rings. The summed E-state index contributed by atoms with van der Waals surface area (Å²) in [5, 5.41) is 26.3. The van der Waals surface area contributed by atoms with Crippen LogP contribution in [-0.4, -0.2) is 85.4 Å². The number of aromatic nitrogens is 3. The number of rotatable bonds is 13. The summed E-state index contributed by atoms with van der Waals surface area (Å²) in [5.41, 5.74) is 8.46. The number of aliphatic hydroxyl groups is 1. The van der Waals surface area contributed by atoms with Crippen LogP contribution in [0.5, 0.6) is 0 Å². The Morgan fingerprint density at radius 3 is 2.30 bits per heavy atom. The number of nitrogens with one attached hydrogen (secondary N) is 5. The number of benzene rings is 1. The lowest BCUT2D eigenvalue weighted by Gasteiger charge is -2.24. The van der Waals surface area contributed by atoms with Crippen molar-refractivity contribution in [1.82, 2.24) is 30.9 Å². The highest BCUT2D eigenvalue weighted by atomic mass is 32.1. The van der Waals surface area contributed by atoms with Crippen LogP contribution < -0.4 is 21.7 Å². The number of carbonyl (C=O) groups excluding carboxylic acids is 3. The number of aliphatic hydroxyl groups excluding tert-OH is 1. The number of fused-ring (bicyclic) bond motifs is 1. The van der Waals surface area contributed by atoms with Gasteiger partial charge in [-0.05, 0) is 18.1 Å². The van der Waals surface area contributed by atoms with E-state index in [1.807, 2.05) is 24.3 Å². The van der Waals surface area contributed by atoms with Gasteiger partial charge in [0.25, 0.3) is 0 Å². The van der Waals surface area contributed by atoms with Gasteiger partial charge in [-0.3, -0.25) is 14.4 Å². The molecule has 2 heterocycles. The zero-order valence-electron chi connectivity index (χ0n) is 19.7. The van der Waals surface area contributed by atoms with Gasteiger partial charge in [-0.25, -0.2) is 9.78 Å². The molecular weight excluding hydrogens is 502 g/mol. The number of carboxylic acid groups (broad SMARTS) is 1. The van der Waals surface area contributed by atoms with E-state index in [4.69, 9.17) is 15.9 Å². The first-order valence-corrected chi connectivity index (χ1v) is 12.0. The van der Waals surface area contributed by atoms with E-state index in [2.05, 4.69) is 43.5 Å². The van der Waals surface area contributed by atoms with E-state index in [0.29, 0.717) is 5.69 Å². The monoisotopic (exact) mass is 531 g/mol. The number of nitrogens with zero attached hydrogens (tertiary/aromatic N) is 1. The minimum absolute atomic E-state index is 0.0205. The van der Waals surface area contributed by atoms with Gasteiger partial charge in [-0.1, -0.05) is 18.2 Å². The van der Waals surface area contributed by atoms with Gasteiger partial charge in [0.2, 0.25) is 17.7 Å². The minimum Gasteiger partial charge on any atom is -0.480 e. The molecule has 0 saturated heterocycles. The summed E-state index contributed by atoms with van der Waals surface area (Å²) in [4.78, 5) is 59.5. The van der Waals surface area contributed by atoms with E-state index in [1.54, 1.807) is 6.20 Å². The lowest BCUT2D eigenvalue weighted by Crippen LogP contribution is -2.58. The third-order valence-electron chi connectivity index (χ3n) is 5.68. The Hall–Kier alpha value is -3.88. The van der Waals surface area contributed by atoms with Crippen molar-refractivity contribution in [2.75, 3.05) is 12.4 Å². The third kappa shape index (κ3) is 7.31. The maximum absolute atomic E-state index is 13.1. The average molecular weight is 532 g/mol. The fourth-order valence-corrected chi connectivity index (χ4v) is 3.92. The van der Waals surface area contributed by atoms with Crippen molar-refractivity contribution in [3.63, 3.8) is 0 Å². The largest absolute Gasteiger partial charge is 0.480 e. The summed E-state index contributed by atoms with van der Waals surface area (Å²) >= 11 is 4.06. The first-order valence-electron chi connectivity index (χ1n) is 11.4. The molecule has 0 spiro atoms. The predicted octanol–water partition coefficient (Wildman–Crippen LogP) is -1.54. The topological polar surface area (TPSA) is 215 Å². The van der Waals surface area contributed by atoms with E-state index < -0.39 is 54.5 Å². The molecule has 37 heavy (non-hydrogen) atoms. The molecule has 0 bridgehead atoms. The average Bonchev–Trinajstić information content (AvgIpc) is 3.55. The fraction of sp³-hybridized carbons (Fsp3) is 0.348. The van der Waals surface area contributed by atoms with Crippen LogP contribution in [0.2, 0.25) is 0 Å². The molecule has 4 unspecified atom stereocenters. The quantitative estimate of drug-likeness (QED) is 0.118. The third-order valence-corrected chi connectivity index (χ3v) is 6.04. The lowest BCUT2D eigenvalue weighted by molar-refractivity contribution is -0.143. The Morgan fingerprint density at radius 1 is 0.973 bits per heavy atom. The summed E-state index contributed by atoms with van der Waals surface area (Å²) in [5.74, 6) is -3.75. The van der Waals surface area contributed by atoms with E-state index in [0.717, 1.165) is 16.5 Å². The Labute approximate surface area is 217 Å². The van der Waals surface area contributed by atoms with Crippen LogP contribution in [-0.2, 0) is 32.0 Å². The van der Waals surface area contributed by atoms with Gasteiger partial charge in [-0.15, -0.1) is 0 Å². The molecule has 3 amide bonds. The van der Waals surface area contributed by atoms with Crippen LogP contribution in [0.1, 0.15) is 11.3 Å². The minimum atomic E-state index is -1.55. The lowest BCUT2D eigenvalue weighted by atomic mass is 10.0. The number of H-pyrrole nitrogens is 2. The van der Waals surface area contributed by atoms with E-state index >= 15 is 0 Å². The van der Waals surface area contributed by atoms with Crippen LogP contribution in [0.15, 0.2) is 43.0 Å². The summed E-state index contributed by atoms with van der Waals surface area (Å²) in [7, 11) is 0. The highest BCUT2D eigenvalue weighted by Crippen LogP contribution is 2.18. The Kier molecular flexibility index (Phi) is 9.65. The molecule has 2 aromatic heterocycles. The number of para-hydroxylation sites is 1. The van der Waals surface area contributed by atoms with Crippen LogP contribution in [0.4, 0.5) is 0 Å². The number of aromatic amines is 2. The first kappa shape index (κ1) is 27.7. The fourth-order valence-electron chi connectivity index (χ4n) is 3.66. The van der Waals surface area contributed by atoms with Gasteiger partial charge < -0.3 is 41.9 Å². The first-order chi connectivity index (χ1) is 17.7. The zero-order chi connectivity index (χ0) is 26.9. The van der Waals surface area contributed by atoms with Gasteiger partial charge in [-0.2, -0.15) is 12.6 Å². The number of hydrogen-bond acceptors (Lipinski definition) is 8. The predicted molar refractivity (Wildman–Crippen MR) is 137 cm³/mol. The van der Waals surface area contributed by atoms with Crippen molar-refractivity contribution in [2.45, 2.75) is 37.0 Å². The van der Waals surface area contributed by atoms with Gasteiger partial charge in [0.15, 0.2) is 0 Å². The van der Waals surface area contributed by atoms with Crippen LogP contribution >= 0.6 is 12.6 Å². The molecule has 9 N–H and O–H groups in total. The van der Waals surface area contributed by atoms with Crippen LogP contribution in [0.25, 0.3) is 10.9 Å². The zero-order valence-corrected chi connectivity index (χ0v) is 20.6. The highest BCUT2D eigenvalue weighted by molar-refractivity contribution is 7.80. The summed E-state index contributed by atoms with van der Waals surface area (Å²) < 4.78 is 0. The second-order valence-corrected chi connectivity index (χ2v) is 8.70. The smallest absolute Gasteiger partial charge is 0.328 e. The van der Waals surface area contributed by atoms with Crippen molar-refractivity contribution in [2.24, 2.45) is 5.73 Å². The summed E-state index contributed by atoms with van der Waals surface area (Å²) in [6, 6.07) is 2.70. The maximum atomic E-state index is 13.1. The van der Waals surface area contributed by atoms with Crippen LogP contribution in [0.3, 0.4) is 0 Å². The molecule has 0 saturated carbocycles. The molecule has 1 aromatic carbocycles. The number of thiol groups is 1. The SMILES string of the molecule is NC(Cc1c[nH]c2ccccc12)C(=O)NC(Cc1cnc[nH]1)C(=O)NC(CS)C(=O)NC(CO)C(=O)O. The number of carbonyl (C=O) groups is 4. The molecule has 3 rings (SSSR count). The molecule has 0 radical (unpaired) electrons. The molecule has 13 nitrogen and oxygen atoms in total. The van der Waals surface area contributed by atoms with Gasteiger partial charge in [0.05, 0.1) is 19.0 Å². The molecule has 0 aliphatic heterocycles. The molecule has 198 valence electrons. The molecular formula is C23H29N7O6S. The van der Waals surface area contributed by atoms with Crippen molar-refractivity contribution in [1.29, 1.82) is 0 Å². The molecule has 0 aliphatic rings. The van der Waals surface area contributed by atoms with E-state index in [9.17, 15) is 19.2 Å². The summed E-state index contributed by atoms with van der Waals surface area (Å²) in [6.45, 7) is -0.832. The van der Waals surface area contributed by atoms with Gasteiger partial charge in [0.1, 0.15) is 18.1 Å². The van der Waals surface area contributed by atoms with Crippen molar-refractivity contribution < 1.29 is 29.4 Å². The number of carboxylic acids is 1. The normalized spacial score (nSPS) is 14.4. The van der Waals surface area contributed by atoms with E-state index in [-0.39, 0.29) is 18.6 Å². The van der Waals surface area contributed by atoms with Crippen molar-refractivity contribution in [3.05, 3.63) is 54.2 Å². The van der Waals surface area contributed by atoms with Crippen molar-refractivity contribution in [3.8, 4) is 0 Å². The molecule has 4 atom stereocenters. The second kappa shape index (κ2) is 12.9. The standard InChI is InChI=1S/C23H29N7O6S/c24-15(5-12-7-26-16-4-2-1-3-14(12)16)20(32)28-17(6-13-8-25-11-27-13)21(33)30-19(10-37)22(34)29-18(9-31)23(35)36/h1-4,7-8,11,15,17-19,26,31,37H,5-6,9-10,24H2,(H,25,27)(H,28,32)(H,29,34)(H,30,33)(H,35,36). The number of nitrogens with two attached hydrogens (primary N) is 1. The number of hydrogen-bond donors (Lipinski definition) is 9. The van der Waals surface area contributed by atoms with Crippen molar-refractivity contribution >= 4 is 47.2 Å². The highest BCUT2D eigenvalue weighted by Gasteiger charge is 2.30. The summed E-state index contributed by atoms with van der Waals surface area (Å²) in [6.07, 6.45) is 4.92. The number of amides is 3. The van der Waals surface area contributed by atoms with Gasteiger partial charge >= 0.3 is 5.97 Å². The van der Waals surface area contributed by atoms with E-state index in [1.165, 1.54) is 12.5 Å². The van der Waals surface area contributed by atoms with Crippen LogP contribution in [0, 0.1) is 0 Å². The Morgan fingerprint density at radius 2 is 1.65 bits per heavy atom. The molecule has 0 aliphatic carbocycles. The number of aliphatic carboxylic acids is 1. The molecule has 0 fully saturated rings. The number of imidazole rings is 1. The van der Waals surface area contributed by atoms with Gasteiger partial charge in [0, 0.05) is 41.2 Å². The Bertz CT molecular complexity index is 1230. The maximum Gasteiger partial charge on any atom is 0.328 e.